The second-order valence-electron chi connectivity index (χ2n) is 0.909. The van der Waals surface area contributed by atoms with Gasteiger partial charge in [0.05, 0.1) is 0 Å². The van der Waals surface area contributed by atoms with Crippen molar-refractivity contribution in [3.63, 3.8) is 0 Å². The van der Waals surface area contributed by atoms with Crippen LogP contribution in [-0.4, -0.2) is 6.43 Å². The molecule has 0 nitrogen and oxygen atoms in total. The fourth-order valence-electron chi connectivity index (χ4n) is 0.0825. The lowest BCUT2D eigenvalue weighted by molar-refractivity contribution is 0.145. The summed E-state index contributed by atoms with van der Waals surface area (Å²) in [5.41, 5.74) is 0. The van der Waals surface area contributed by atoms with Crippen molar-refractivity contribution in [1.82, 2.24) is 0 Å². The molecule has 0 spiro atoms. The highest BCUT2D eigenvalue weighted by molar-refractivity contribution is 4.93. The van der Waals surface area contributed by atoms with Crippen molar-refractivity contribution < 1.29 is 22.0 Å². The molecule has 0 rings (SSSR count). The van der Waals surface area contributed by atoms with E-state index in [1.54, 1.807) is 0 Å². The van der Waals surface area contributed by atoms with E-state index in [1.807, 2.05) is 0 Å². The standard InChI is InChI=1S/C3HF5/c4-1(2(5)6)3(7)8/h2H. The summed E-state index contributed by atoms with van der Waals surface area (Å²) in [6.45, 7) is 0. The van der Waals surface area contributed by atoms with Gasteiger partial charge in [-0.25, -0.2) is 8.78 Å². The van der Waals surface area contributed by atoms with Crippen LogP contribution in [-0.2, 0) is 0 Å². The monoisotopic (exact) mass is 132 g/mol. The average molecular weight is 132 g/mol. The first-order valence-electron chi connectivity index (χ1n) is 1.54. The van der Waals surface area contributed by atoms with Crippen molar-refractivity contribution in [2.24, 2.45) is 0 Å². The first kappa shape index (κ1) is 7.39. The van der Waals surface area contributed by atoms with Crippen molar-refractivity contribution >= 4 is 0 Å². The second-order valence-corrected chi connectivity index (χ2v) is 0.909. The smallest absolute Gasteiger partial charge is 0.202 e. The van der Waals surface area contributed by atoms with Gasteiger partial charge in [-0.2, -0.15) is 13.2 Å². The second kappa shape index (κ2) is 2.64. The van der Waals surface area contributed by atoms with E-state index in [2.05, 4.69) is 0 Å². The highest BCUT2D eigenvalue weighted by Gasteiger charge is 2.16. The maximum absolute atomic E-state index is 11.0. The van der Waals surface area contributed by atoms with Crippen LogP contribution >= 0.6 is 0 Å². The fraction of sp³-hybridized carbons (Fsp3) is 0.333. The Hall–Kier alpha value is -0.610. The van der Waals surface area contributed by atoms with Gasteiger partial charge in [-0.15, -0.1) is 0 Å². The Morgan fingerprint density at radius 3 is 1.38 bits per heavy atom. The van der Waals surface area contributed by atoms with E-state index >= 15 is 0 Å². The van der Waals surface area contributed by atoms with E-state index in [9.17, 15) is 22.0 Å². The minimum absolute atomic E-state index is 2.65. The lowest BCUT2D eigenvalue weighted by Crippen LogP contribution is -1.90. The molecule has 0 atom stereocenters. The molecule has 0 radical (unpaired) electrons. The molecular formula is C3HF5. The molecule has 48 valence electrons. The molecule has 0 fully saturated rings. The predicted octanol–water partition coefficient (Wildman–Crippen LogP) is 2.33. The van der Waals surface area contributed by atoms with Crippen molar-refractivity contribution in [3.8, 4) is 0 Å². The highest BCUT2D eigenvalue weighted by Crippen LogP contribution is 2.16. The van der Waals surface area contributed by atoms with Gasteiger partial charge in [0.1, 0.15) is 0 Å². The van der Waals surface area contributed by atoms with E-state index in [1.165, 1.54) is 0 Å². The third-order valence-corrected chi connectivity index (χ3v) is 0.372. The van der Waals surface area contributed by atoms with Gasteiger partial charge >= 0.3 is 6.08 Å². The van der Waals surface area contributed by atoms with E-state index in [0.29, 0.717) is 0 Å². The van der Waals surface area contributed by atoms with Crippen LogP contribution in [0, 0.1) is 0 Å². The van der Waals surface area contributed by atoms with E-state index in [0.717, 1.165) is 0 Å². The number of hydrogen-bond donors (Lipinski definition) is 0. The number of hydrogen-bond acceptors (Lipinski definition) is 0. The first-order chi connectivity index (χ1) is 3.55. The topological polar surface area (TPSA) is 0 Å². The Balaban J connectivity index is 4.00. The summed E-state index contributed by atoms with van der Waals surface area (Å²) in [6, 6.07) is 0. The lowest BCUT2D eigenvalue weighted by Gasteiger charge is -1.88. The summed E-state index contributed by atoms with van der Waals surface area (Å²) in [6.07, 6.45) is -6.65. The van der Waals surface area contributed by atoms with Crippen molar-refractivity contribution in [3.05, 3.63) is 11.9 Å². The zero-order valence-corrected chi connectivity index (χ0v) is 3.47. The Kier molecular flexibility index (Phi) is 2.44. The van der Waals surface area contributed by atoms with Gasteiger partial charge in [-0.05, 0) is 0 Å². The summed E-state index contributed by atoms with van der Waals surface area (Å²) in [4.78, 5) is 0. The van der Waals surface area contributed by atoms with E-state index < -0.39 is 18.3 Å². The van der Waals surface area contributed by atoms with E-state index in [4.69, 9.17) is 0 Å². The number of halogens is 5. The van der Waals surface area contributed by atoms with Crippen LogP contribution in [0.25, 0.3) is 0 Å². The summed E-state index contributed by atoms with van der Waals surface area (Å²) in [5, 5.41) is 0. The molecule has 0 aromatic heterocycles. The van der Waals surface area contributed by atoms with Gasteiger partial charge < -0.3 is 0 Å². The summed E-state index contributed by atoms with van der Waals surface area (Å²) >= 11 is 0. The fourth-order valence-corrected chi connectivity index (χ4v) is 0.0825. The van der Waals surface area contributed by atoms with Gasteiger partial charge in [0.2, 0.25) is 5.83 Å². The van der Waals surface area contributed by atoms with Crippen molar-refractivity contribution in [2.45, 2.75) is 6.43 Å². The SMILES string of the molecule is FC(F)=C(F)C(F)F. The Morgan fingerprint density at radius 2 is 1.38 bits per heavy atom. The molecule has 8 heavy (non-hydrogen) atoms. The molecule has 0 aliphatic rings. The Morgan fingerprint density at radius 1 is 1.00 bits per heavy atom. The van der Waals surface area contributed by atoms with Crippen LogP contribution in [0.2, 0.25) is 0 Å². The summed E-state index contributed by atoms with van der Waals surface area (Å²) in [5.74, 6) is -2.65. The molecule has 0 heterocycles. The molecule has 0 bridgehead atoms. The molecule has 0 aliphatic carbocycles. The summed E-state index contributed by atoms with van der Waals surface area (Å²) < 4.78 is 54.0. The van der Waals surface area contributed by atoms with Gasteiger partial charge in [-0.3, -0.25) is 0 Å². The lowest BCUT2D eigenvalue weighted by atomic mass is 10.6. The van der Waals surface area contributed by atoms with E-state index in [-0.39, 0.29) is 0 Å². The number of alkyl halides is 2. The van der Waals surface area contributed by atoms with Crippen LogP contribution < -0.4 is 0 Å². The van der Waals surface area contributed by atoms with Crippen LogP contribution in [0.3, 0.4) is 0 Å². The van der Waals surface area contributed by atoms with Crippen LogP contribution in [0.4, 0.5) is 22.0 Å². The first-order valence-corrected chi connectivity index (χ1v) is 1.54. The molecule has 0 unspecified atom stereocenters. The molecule has 0 aromatic carbocycles. The average Bonchev–Trinajstić information content (AvgIpc) is 1.64. The van der Waals surface area contributed by atoms with Gasteiger partial charge in [0.15, 0.2) is 0 Å². The van der Waals surface area contributed by atoms with Crippen LogP contribution in [0.15, 0.2) is 11.9 Å². The Labute approximate surface area is 41.6 Å². The van der Waals surface area contributed by atoms with Crippen LogP contribution in [0.1, 0.15) is 0 Å². The molecule has 0 saturated heterocycles. The molecule has 0 aromatic rings. The normalized spacial score (nSPS) is 9.75. The third kappa shape index (κ3) is 1.90. The zero-order chi connectivity index (χ0) is 6.73. The zero-order valence-electron chi connectivity index (χ0n) is 3.47. The molecule has 0 N–H and O–H groups in total. The minimum atomic E-state index is -3.69. The maximum atomic E-state index is 11.0. The Bertz CT molecular complexity index is 100. The maximum Gasteiger partial charge on any atom is 0.307 e. The molecule has 0 aliphatic heterocycles. The summed E-state index contributed by atoms with van der Waals surface area (Å²) in [7, 11) is 0. The number of allylic oxidation sites excluding steroid dienone is 1. The third-order valence-electron chi connectivity index (χ3n) is 0.372. The molecule has 0 amide bonds. The van der Waals surface area contributed by atoms with Crippen LogP contribution in [0.5, 0.6) is 0 Å². The minimum Gasteiger partial charge on any atom is -0.202 e. The molecule has 5 heteroatoms. The number of rotatable bonds is 1. The highest BCUT2D eigenvalue weighted by atomic mass is 19.3. The predicted molar refractivity (Wildman–Crippen MR) is 16.4 cm³/mol. The molecule has 0 saturated carbocycles. The molecular weight excluding hydrogens is 131 g/mol. The van der Waals surface area contributed by atoms with Gasteiger partial charge in [-0.1, -0.05) is 0 Å². The van der Waals surface area contributed by atoms with Gasteiger partial charge in [0, 0.05) is 0 Å². The van der Waals surface area contributed by atoms with Crippen molar-refractivity contribution in [1.29, 1.82) is 0 Å². The van der Waals surface area contributed by atoms with Crippen molar-refractivity contribution in [2.75, 3.05) is 0 Å². The quantitative estimate of drug-likeness (QED) is 0.480. The van der Waals surface area contributed by atoms with Gasteiger partial charge in [0.25, 0.3) is 6.43 Å². The largest absolute Gasteiger partial charge is 0.307 e.